The van der Waals surface area contributed by atoms with Gasteiger partial charge in [-0.2, -0.15) is 4.98 Å². The summed E-state index contributed by atoms with van der Waals surface area (Å²) in [6, 6.07) is 18.4. The van der Waals surface area contributed by atoms with Crippen LogP contribution in [0.3, 0.4) is 0 Å². The third-order valence-corrected chi connectivity index (χ3v) is 8.01. The number of aromatic amines is 1. The molecule has 46 heavy (non-hydrogen) atoms. The van der Waals surface area contributed by atoms with Crippen LogP contribution in [0.2, 0.25) is 0 Å². The first-order valence-electron chi connectivity index (χ1n) is 16.2. The Morgan fingerprint density at radius 1 is 1.07 bits per heavy atom. The average molecular weight is 629 g/mol. The van der Waals surface area contributed by atoms with Gasteiger partial charge in [-0.3, -0.25) is 9.56 Å². The largest absolute Gasteiger partial charge is 0.493 e. The minimum Gasteiger partial charge on any atom is -0.493 e. The first kappa shape index (κ1) is 34.7. The quantitative estimate of drug-likeness (QED) is 0.0968. The molecule has 1 fully saturated rings. The molecule has 1 aliphatic heterocycles. The van der Waals surface area contributed by atoms with Gasteiger partial charge in [-0.1, -0.05) is 65.8 Å². The molecule has 0 radical (unpaired) electrons. The molecule has 1 aliphatic rings. The van der Waals surface area contributed by atoms with E-state index in [1.54, 1.807) is 4.57 Å². The van der Waals surface area contributed by atoms with Gasteiger partial charge in [0.05, 0.1) is 12.3 Å². The van der Waals surface area contributed by atoms with Crippen LogP contribution in [0.15, 0.2) is 70.6 Å². The smallest absolute Gasteiger partial charge is 0.354 e. The van der Waals surface area contributed by atoms with Crippen LogP contribution < -0.4 is 32.5 Å². The van der Waals surface area contributed by atoms with Crippen molar-refractivity contribution in [2.24, 2.45) is 22.4 Å². The van der Waals surface area contributed by atoms with Crippen LogP contribution in [-0.2, 0) is 17.4 Å². The molecule has 0 spiro atoms. The van der Waals surface area contributed by atoms with Crippen LogP contribution in [0.1, 0.15) is 71.2 Å². The highest BCUT2D eigenvalue weighted by Gasteiger charge is 2.18. The fourth-order valence-electron chi connectivity index (χ4n) is 5.13. The van der Waals surface area contributed by atoms with E-state index in [0.717, 1.165) is 67.3 Å². The third-order valence-electron chi connectivity index (χ3n) is 8.01. The lowest BCUT2D eigenvalue weighted by molar-refractivity contribution is 0.259. The van der Waals surface area contributed by atoms with Crippen LogP contribution in [0.25, 0.3) is 16.7 Å². The summed E-state index contributed by atoms with van der Waals surface area (Å²) in [6.45, 7) is 18.3. The van der Waals surface area contributed by atoms with Gasteiger partial charge in [-0.25, -0.2) is 4.79 Å². The van der Waals surface area contributed by atoms with Crippen molar-refractivity contribution in [2.45, 2.75) is 71.8 Å². The van der Waals surface area contributed by atoms with Gasteiger partial charge in [0.15, 0.2) is 5.96 Å². The highest BCUT2D eigenvalue weighted by Crippen LogP contribution is 2.26. The number of H-pyrrole nitrogens is 1. The molecule has 7 N–H and O–H groups in total. The maximum Gasteiger partial charge on any atom is 0.354 e. The van der Waals surface area contributed by atoms with Crippen LogP contribution in [0.5, 0.6) is 5.75 Å². The van der Waals surface area contributed by atoms with Crippen LogP contribution in [-0.4, -0.2) is 53.3 Å². The van der Waals surface area contributed by atoms with Gasteiger partial charge >= 0.3 is 5.69 Å². The maximum atomic E-state index is 12.5. The minimum atomic E-state index is -0.301. The number of ether oxygens (including phenoxy) is 1. The summed E-state index contributed by atoms with van der Waals surface area (Å²) in [7, 11) is 0. The second-order valence-corrected chi connectivity index (χ2v) is 14.1. The van der Waals surface area contributed by atoms with Crippen molar-refractivity contribution in [1.82, 2.24) is 25.2 Å². The first-order chi connectivity index (χ1) is 21.8. The van der Waals surface area contributed by atoms with Crippen molar-refractivity contribution in [3.05, 3.63) is 88.1 Å². The normalized spacial score (nSPS) is 15.0. The average Bonchev–Trinajstić information content (AvgIpc) is 3.68. The standard InChI is InChI=1S/C21H29N7O.C15H23NO/c1-21(2,3)17-11-15-13-28(20(29)27-18(15)26-17)16-7-5-14(6-8-16)12-24-9-4-10-25-19(22)23;1-15(2,3)13-5-4-6-14(9-13)17-11-12-7-8-16-10-12/h5-8,11,13,24H,4,9-10,12H2,1-3H3,(H4,22,23,25)(H,26,27,29);4-6,9,12,16H,7-8,10-11H2,1-3H3/t;12-/m.1/s1. The van der Waals surface area contributed by atoms with E-state index in [1.165, 1.54) is 12.0 Å². The fraction of sp³-hybridized carbons (Fsp3) is 0.472. The van der Waals surface area contributed by atoms with Crippen LogP contribution >= 0.6 is 0 Å². The van der Waals surface area contributed by atoms with Gasteiger partial charge in [0.1, 0.15) is 11.4 Å². The number of guanidine groups is 1. The Morgan fingerprint density at radius 2 is 1.83 bits per heavy atom. The maximum absolute atomic E-state index is 12.5. The lowest BCUT2D eigenvalue weighted by Crippen LogP contribution is -2.23. The monoisotopic (exact) mass is 628 g/mol. The summed E-state index contributed by atoms with van der Waals surface area (Å²) < 4.78 is 7.46. The molecule has 1 saturated heterocycles. The van der Waals surface area contributed by atoms with E-state index in [0.29, 0.717) is 18.1 Å². The van der Waals surface area contributed by atoms with E-state index in [9.17, 15) is 4.79 Å². The van der Waals surface area contributed by atoms with E-state index < -0.39 is 0 Å². The second kappa shape index (κ2) is 15.4. The Balaban J connectivity index is 0.000000240. The molecule has 0 aliphatic carbocycles. The van der Waals surface area contributed by atoms with Gasteiger partial charge < -0.3 is 31.8 Å². The molecule has 1 atom stereocenters. The number of fused-ring (bicyclic) bond motifs is 1. The molecular formula is C36H52N8O2. The Hall–Kier alpha value is -4.15. The summed E-state index contributed by atoms with van der Waals surface area (Å²) in [5.41, 5.74) is 15.4. The van der Waals surface area contributed by atoms with Crippen molar-refractivity contribution >= 4 is 17.0 Å². The molecule has 5 rings (SSSR count). The van der Waals surface area contributed by atoms with E-state index in [2.05, 4.69) is 97.5 Å². The van der Waals surface area contributed by atoms with E-state index >= 15 is 0 Å². The van der Waals surface area contributed by atoms with Gasteiger partial charge in [-0.15, -0.1) is 0 Å². The van der Waals surface area contributed by atoms with E-state index in [-0.39, 0.29) is 22.5 Å². The van der Waals surface area contributed by atoms with Gasteiger partial charge in [-0.05, 0) is 72.8 Å². The summed E-state index contributed by atoms with van der Waals surface area (Å²) in [5.74, 6) is 1.80. The highest BCUT2D eigenvalue weighted by atomic mass is 16.5. The SMILES string of the molecule is CC(C)(C)c1cc2cn(-c3ccc(CNCCCN=C(N)N)cc3)c(=O)nc2[nH]1.CC(C)(C)c1cccc(OC[C@@H]2CCNC2)c1. The second-order valence-electron chi connectivity index (χ2n) is 14.1. The number of benzene rings is 2. The lowest BCUT2D eigenvalue weighted by atomic mass is 9.87. The van der Waals surface area contributed by atoms with Crippen molar-refractivity contribution < 1.29 is 4.74 Å². The van der Waals surface area contributed by atoms with Crippen molar-refractivity contribution in [3.8, 4) is 11.4 Å². The molecular weight excluding hydrogens is 576 g/mol. The Bertz CT molecular complexity index is 1630. The number of hydrogen-bond acceptors (Lipinski definition) is 6. The van der Waals surface area contributed by atoms with Crippen LogP contribution in [0.4, 0.5) is 0 Å². The molecule has 0 unspecified atom stereocenters. The number of nitrogens with zero attached hydrogens (tertiary/aromatic N) is 3. The zero-order chi connectivity index (χ0) is 33.3. The molecule has 4 aromatic rings. The Labute approximate surface area is 273 Å². The Kier molecular flexibility index (Phi) is 11.6. The van der Waals surface area contributed by atoms with Crippen LogP contribution in [0, 0.1) is 5.92 Å². The minimum absolute atomic E-state index is 0.0352. The summed E-state index contributed by atoms with van der Waals surface area (Å²) >= 11 is 0. The summed E-state index contributed by atoms with van der Waals surface area (Å²) in [6.07, 6.45) is 3.94. The zero-order valence-corrected chi connectivity index (χ0v) is 28.3. The molecule has 10 heteroatoms. The molecule has 0 saturated carbocycles. The number of nitrogens with two attached hydrogens (primary N) is 2. The number of hydrogen-bond donors (Lipinski definition) is 5. The zero-order valence-electron chi connectivity index (χ0n) is 28.3. The molecule has 248 valence electrons. The Morgan fingerprint density at radius 3 is 2.48 bits per heavy atom. The van der Waals surface area contributed by atoms with E-state index in [4.69, 9.17) is 16.2 Å². The molecule has 3 heterocycles. The fourth-order valence-corrected chi connectivity index (χ4v) is 5.13. The molecule has 2 aromatic heterocycles. The van der Waals surface area contributed by atoms with E-state index in [1.807, 2.05) is 30.5 Å². The molecule has 0 amide bonds. The van der Waals surface area contributed by atoms with Crippen molar-refractivity contribution in [2.75, 3.05) is 32.8 Å². The first-order valence-corrected chi connectivity index (χ1v) is 16.2. The van der Waals surface area contributed by atoms with Gasteiger partial charge in [0, 0.05) is 48.2 Å². The predicted octanol–water partition coefficient (Wildman–Crippen LogP) is 4.74. The summed E-state index contributed by atoms with van der Waals surface area (Å²) in [4.78, 5) is 23.9. The number of aliphatic imine (C=N–C) groups is 1. The topological polar surface area (TPSA) is 148 Å². The van der Waals surface area contributed by atoms with Crippen molar-refractivity contribution in [3.63, 3.8) is 0 Å². The van der Waals surface area contributed by atoms with Gasteiger partial charge in [0.25, 0.3) is 0 Å². The van der Waals surface area contributed by atoms with Crippen molar-refractivity contribution in [1.29, 1.82) is 0 Å². The lowest BCUT2D eigenvalue weighted by Gasteiger charge is -2.20. The highest BCUT2D eigenvalue weighted by molar-refractivity contribution is 5.76. The number of rotatable bonds is 10. The van der Waals surface area contributed by atoms with Gasteiger partial charge in [0.2, 0.25) is 0 Å². The third kappa shape index (κ3) is 10.2. The number of nitrogens with one attached hydrogen (secondary N) is 3. The molecule has 10 nitrogen and oxygen atoms in total. The summed E-state index contributed by atoms with van der Waals surface area (Å²) in [5, 5.41) is 7.63. The number of aromatic nitrogens is 3. The molecule has 0 bridgehead atoms. The predicted molar refractivity (Wildman–Crippen MR) is 189 cm³/mol. The molecule has 2 aromatic carbocycles.